The molecule has 4 heteroatoms. The zero-order valence-electron chi connectivity index (χ0n) is 12.0. The van der Waals surface area contributed by atoms with Gasteiger partial charge in [-0.2, -0.15) is 0 Å². The fraction of sp³-hybridized carbons (Fsp3) is 0.294. The molecule has 0 aliphatic rings. The van der Waals surface area contributed by atoms with E-state index in [1.807, 2.05) is 36.4 Å². The first-order chi connectivity index (χ1) is 10.1. The second kappa shape index (κ2) is 7.69. The Morgan fingerprint density at radius 1 is 1.14 bits per heavy atom. The van der Waals surface area contributed by atoms with Gasteiger partial charge in [0.1, 0.15) is 12.4 Å². The van der Waals surface area contributed by atoms with E-state index < -0.39 is 0 Å². The first-order valence-electron chi connectivity index (χ1n) is 7.00. The standard InChI is InChI=1S/C17H19Cl2NO/c1-2-15(20)9-13-8-14(18)10-16(19)17(13)21-11-12-6-4-3-5-7-12/h3-8,10,15H,2,9,11,20H2,1H3. The van der Waals surface area contributed by atoms with E-state index in [2.05, 4.69) is 6.92 Å². The van der Waals surface area contributed by atoms with Crippen molar-refractivity contribution in [2.24, 2.45) is 5.73 Å². The summed E-state index contributed by atoms with van der Waals surface area (Å²) in [4.78, 5) is 0. The van der Waals surface area contributed by atoms with Crippen LogP contribution in [0.5, 0.6) is 5.75 Å². The molecule has 0 aliphatic carbocycles. The molecule has 2 rings (SSSR count). The van der Waals surface area contributed by atoms with Crippen molar-refractivity contribution in [3.05, 3.63) is 63.6 Å². The van der Waals surface area contributed by atoms with Gasteiger partial charge < -0.3 is 10.5 Å². The Hall–Kier alpha value is -1.22. The van der Waals surface area contributed by atoms with Crippen molar-refractivity contribution >= 4 is 23.2 Å². The summed E-state index contributed by atoms with van der Waals surface area (Å²) in [5, 5.41) is 1.13. The van der Waals surface area contributed by atoms with E-state index in [0.717, 1.165) is 17.5 Å². The molecule has 1 atom stereocenters. The molecular formula is C17H19Cl2NO. The Kier molecular flexibility index (Phi) is 5.92. The second-order valence-electron chi connectivity index (χ2n) is 5.02. The minimum atomic E-state index is 0.0682. The maximum Gasteiger partial charge on any atom is 0.141 e. The first-order valence-corrected chi connectivity index (χ1v) is 7.76. The number of rotatable bonds is 6. The summed E-state index contributed by atoms with van der Waals surface area (Å²) in [6.07, 6.45) is 1.59. The van der Waals surface area contributed by atoms with Gasteiger partial charge in [-0.3, -0.25) is 0 Å². The van der Waals surface area contributed by atoms with Gasteiger partial charge in [-0.1, -0.05) is 60.5 Å². The molecule has 0 spiro atoms. The fourth-order valence-corrected chi connectivity index (χ4v) is 2.67. The number of hydrogen-bond acceptors (Lipinski definition) is 2. The zero-order valence-corrected chi connectivity index (χ0v) is 13.5. The third kappa shape index (κ3) is 4.63. The molecule has 2 aromatic rings. The van der Waals surface area contributed by atoms with Gasteiger partial charge in [-0.05, 0) is 36.1 Å². The molecule has 0 saturated carbocycles. The Morgan fingerprint density at radius 3 is 2.52 bits per heavy atom. The van der Waals surface area contributed by atoms with Crippen molar-refractivity contribution in [3.8, 4) is 5.75 Å². The van der Waals surface area contributed by atoms with Crippen LogP contribution in [0.2, 0.25) is 10.0 Å². The van der Waals surface area contributed by atoms with Gasteiger partial charge in [0, 0.05) is 11.1 Å². The highest BCUT2D eigenvalue weighted by Gasteiger charge is 2.13. The fourth-order valence-electron chi connectivity index (χ4n) is 2.08. The van der Waals surface area contributed by atoms with Gasteiger partial charge >= 0.3 is 0 Å². The highest BCUT2D eigenvalue weighted by atomic mass is 35.5. The molecule has 0 saturated heterocycles. The lowest BCUT2D eigenvalue weighted by Gasteiger charge is -2.16. The molecule has 0 aromatic heterocycles. The quantitative estimate of drug-likeness (QED) is 0.824. The van der Waals surface area contributed by atoms with Crippen LogP contribution in [0.25, 0.3) is 0 Å². The van der Waals surface area contributed by atoms with Crippen LogP contribution in [0.4, 0.5) is 0 Å². The van der Waals surface area contributed by atoms with Crippen LogP contribution in [-0.4, -0.2) is 6.04 Å². The minimum Gasteiger partial charge on any atom is -0.487 e. The summed E-state index contributed by atoms with van der Waals surface area (Å²) in [7, 11) is 0. The van der Waals surface area contributed by atoms with E-state index in [9.17, 15) is 0 Å². The smallest absolute Gasteiger partial charge is 0.141 e. The Morgan fingerprint density at radius 2 is 1.86 bits per heavy atom. The van der Waals surface area contributed by atoms with Crippen LogP contribution in [0.15, 0.2) is 42.5 Å². The van der Waals surface area contributed by atoms with Gasteiger partial charge in [0.2, 0.25) is 0 Å². The molecule has 0 radical (unpaired) electrons. The van der Waals surface area contributed by atoms with Crippen LogP contribution in [0.3, 0.4) is 0 Å². The van der Waals surface area contributed by atoms with Gasteiger partial charge in [-0.25, -0.2) is 0 Å². The van der Waals surface area contributed by atoms with Gasteiger partial charge in [-0.15, -0.1) is 0 Å². The lowest BCUT2D eigenvalue weighted by atomic mass is 10.0. The Balaban J connectivity index is 2.20. The molecule has 0 amide bonds. The normalized spacial score (nSPS) is 12.2. The van der Waals surface area contributed by atoms with Crippen molar-refractivity contribution in [1.82, 2.24) is 0 Å². The predicted molar refractivity (Wildman–Crippen MR) is 89.2 cm³/mol. The number of halogens is 2. The van der Waals surface area contributed by atoms with Crippen molar-refractivity contribution in [3.63, 3.8) is 0 Å². The summed E-state index contributed by atoms with van der Waals surface area (Å²) in [5.74, 6) is 0.675. The van der Waals surface area contributed by atoms with Crippen LogP contribution >= 0.6 is 23.2 Å². The van der Waals surface area contributed by atoms with Crippen LogP contribution in [0.1, 0.15) is 24.5 Å². The molecule has 2 N–H and O–H groups in total. The summed E-state index contributed by atoms with van der Waals surface area (Å²) in [6.45, 7) is 2.53. The van der Waals surface area contributed by atoms with Gasteiger partial charge in [0.25, 0.3) is 0 Å². The molecule has 0 bridgehead atoms. The van der Waals surface area contributed by atoms with Gasteiger partial charge in [0.05, 0.1) is 5.02 Å². The topological polar surface area (TPSA) is 35.2 Å². The Labute approximate surface area is 135 Å². The van der Waals surface area contributed by atoms with E-state index in [4.69, 9.17) is 33.7 Å². The van der Waals surface area contributed by atoms with Crippen LogP contribution in [-0.2, 0) is 13.0 Å². The molecule has 0 aliphatic heterocycles. The molecule has 0 heterocycles. The number of ether oxygens (including phenoxy) is 1. The van der Waals surface area contributed by atoms with E-state index >= 15 is 0 Å². The largest absolute Gasteiger partial charge is 0.487 e. The van der Waals surface area contributed by atoms with Crippen molar-refractivity contribution < 1.29 is 4.74 Å². The van der Waals surface area contributed by atoms with E-state index in [-0.39, 0.29) is 6.04 Å². The summed E-state index contributed by atoms with van der Waals surface area (Å²) < 4.78 is 5.91. The van der Waals surface area contributed by atoms with E-state index in [1.165, 1.54) is 0 Å². The SMILES string of the molecule is CCC(N)Cc1cc(Cl)cc(Cl)c1OCc1ccccc1. The van der Waals surface area contributed by atoms with E-state index in [0.29, 0.717) is 28.8 Å². The third-order valence-electron chi connectivity index (χ3n) is 3.32. The number of hydrogen-bond donors (Lipinski definition) is 1. The summed E-state index contributed by atoms with van der Waals surface area (Å²) in [6, 6.07) is 13.6. The van der Waals surface area contributed by atoms with Crippen LogP contribution in [0, 0.1) is 0 Å². The first kappa shape index (κ1) is 16.2. The summed E-state index contributed by atoms with van der Waals surface area (Å²) >= 11 is 12.4. The molecule has 0 fully saturated rings. The molecule has 21 heavy (non-hydrogen) atoms. The zero-order chi connectivity index (χ0) is 15.2. The number of benzene rings is 2. The third-order valence-corrected chi connectivity index (χ3v) is 3.82. The predicted octanol–water partition coefficient (Wildman–Crippen LogP) is 4.85. The van der Waals surface area contributed by atoms with Gasteiger partial charge in [0.15, 0.2) is 0 Å². The lowest BCUT2D eigenvalue weighted by molar-refractivity contribution is 0.302. The summed E-state index contributed by atoms with van der Waals surface area (Å²) in [5.41, 5.74) is 8.09. The molecule has 2 nitrogen and oxygen atoms in total. The Bertz CT molecular complexity index is 587. The second-order valence-corrected chi connectivity index (χ2v) is 5.87. The maximum absolute atomic E-state index is 6.28. The average Bonchev–Trinajstić information content (AvgIpc) is 2.47. The van der Waals surface area contributed by atoms with Crippen molar-refractivity contribution in [1.29, 1.82) is 0 Å². The highest BCUT2D eigenvalue weighted by molar-refractivity contribution is 6.35. The molecule has 1 unspecified atom stereocenters. The number of nitrogens with two attached hydrogens (primary N) is 1. The monoisotopic (exact) mass is 323 g/mol. The lowest BCUT2D eigenvalue weighted by Crippen LogP contribution is -2.21. The molecule has 112 valence electrons. The average molecular weight is 324 g/mol. The minimum absolute atomic E-state index is 0.0682. The van der Waals surface area contributed by atoms with E-state index in [1.54, 1.807) is 6.07 Å². The molecule has 2 aromatic carbocycles. The van der Waals surface area contributed by atoms with Crippen LogP contribution < -0.4 is 10.5 Å². The highest BCUT2D eigenvalue weighted by Crippen LogP contribution is 2.34. The molecular weight excluding hydrogens is 305 g/mol. The van der Waals surface area contributed by atoms with Crippen molar-refractivity contribution in [2.45, 2.75) is 32.4 Å². The van der Waals surface area contributed by atoms with Crippen molar-refractivity contribution in [2.75, 3.05) is 0 Å². The maximum atomic E-state index is 6.28.